The number of para-hydroxylation sites is 1. The predicted octanol–water partition coefficient (Wildman–Crippen LogP) is 13.4. The largest absolute Gasteiger partial charge is 0.310 e. The van der Waals surface area contributed by atoms with Gasteiger partial charge in [-0.1, -0.05) is 122 Å². The highest BCUT2D eigenvalue weighted by Crippen LogP contribution is 2.70. The average molecular weight is 672 g/mol. The Balaban J connectivity index is 1.10. The number of anilines is 3. The fourth-order valence-electron chi connectivity index (χ4n) is 13.3. The van der Waals surface area contributed by atoms with Crippen molar-refractivity contribution < 1.29 is 0 Å². The van der Waals surface area contributed by atoms with Crippen molar-refractivity contribution in [2.75, 3.05) is 4.90 Å². The van der Waals surface area contributed by atoms with Crippen molar-refractivity contribution in [2.45, 2.75) is 68.6 Å². The van der Waals surface area contributed by atoms with Crippen LogP contribution in [0.25, 0.3) is 33.4 Å². The number of hydrogen-bond donors (Lipinski definition) is 0. The zero-order valence-electron chi connectivity index (χ0n) is 29.9. The molecule has 13 rings (SSSR count). The van der Waals surface area contributed by atoms with Crippen LogP contribution in [0.2, 0.25) is 0 Å². The van der Waals surface area contributed by atoms with Gasteiger partial charge >= 0.3 is 0 Å². The van der Waals surface area contributed by atoms with Crippen molar-refractivity contribution in [1.82, 2.24) is 0 Å². The van der Waals surface area contributed by atoms with E-state index >= 15 is 0 Å². The molecule has 5 fully saturated rings. The summed E-state index contributed by atoms with van der Waals surface area (Å²) in [5, 5.41) is 0. The number of fused-ring (bicyclic) bond motifs is 8. The van der Waals surface area contributed by atoms with Crippen molar-refractivity contribution >= 4 is 17.1 Å². The van der Waals surface area contributed by atoms with Crippen LogP contribution in [0, 0.1) is 23.7 Å². The monoisotopic (exact) mass is 671 g/mol. The molecule has 254 valence electrons. The first-order chi connectivity index (χ1) is 25.7. The van der Waals surface area contributed by atoms with Gasteiger partial charge in [0, 0.05) is 27.8 Å². The number of nitrogens with zero attached hydrogens (tertiary/aromatic N) is 1. The third-order valence-electron chi connectivity index (χ3n) is 15.0. The number of rotatable bonds is 4. The fraction of sp³-hybridized carbons (Fsp3) is 0.294. The molecule has 0 aliphatic heterocycles. The smallest absolute Gasteiger partial charge is 0.0540 e. The Morgan fingerprint density at radius 2 is 0.942 bits per heavy atom. The van der Waals surface area contributed by atoms with Crippen molar-refractivity contribution in [3.8, 4) is 33.4 Å². The molecule has 6 aromatic rings. The zero-order valence-corrected chi connectivity index (χ0v) is 29.9. The van der Waals surface area contributed by atoms with Gasteiger partial charge in [0.1, 0.15) is 0 Å². The number of benzene rings is 6. The van der Waals surface area contributed by atoms with Gasteiger partial charge in [-0.05, 0) is 149 Å². The molecule has 7 aliphatic carbocycles. The summed E-state index contributed by atoms with van der Waals surface area (Å²) in [6.45, 7) is 0. The van der Waals surface area contributed by atoms with E-state index < -0.39 is 0 Å². The van der Waals surface area contributed by atoms with E-state index in [0.29, 0.717) is 0 Å². The van der Waals surface area contributed by atoms with E-state index in [9.17, 15) is 0 Å². The third-order valence-corrected chi connectivity index (χ3v) is 15.0. The van der Waals surface area contributed by atoms with Crippen LogP contribution in [0.15, 0.2) is 140 Å². The lowest BCUT2D eigenvalue weighted by Crippen LogP contribution is -2.55. The van der Waals surface area contributed by atoms with Crippen LogP contribution in [0.5, 0.6) is 0 Å². The third kappa shape index (κ3) is 3.85. The second kappa shape index (κ2) is 10.8. The van der Waals surface area contributed by atoms with Crippen molar-refractivity contribution in [3.63, 3.8) is 0 Å². The van der Waals surface area contributed by atoms with Gasteiger partial charge in [0.2, 0.25) is 0 Å². The standard InChI is InChI=1S/C51H45N/c1-2-12-35(13-3-1)40-14-6-9-19-49(40)52(38-20-22-43-41-15-4-7-17-45(41)50(47(43)31-38)24-10-11-25-50)39-21-23-44-42-16-5-8-18-46(42)51(48(44)32-39)36-27-33-26-34(29-36)30-37(51)28-33/h1-9,12-23,31-34,36-37H,10-11,24-30H2. The molecule has 0 atom stereocenters. The molecule has 0 heterocycles. The normalized spacial score (nSPS) is 26.4. The summed E-state index contributed by atoms with van der Waals surface area (Å²) in [7, 11) is 0. The molecule has 52 heavy (non-hydrogen) atoms. The maximum atomic E-state index is 2.67. The quantitative estimate of drug-likeness (QED) is 0.180. The first kappa shape index (κ1) is 29.7. The Bertz CT molecular complexity index is 2360. The minimum atomic E-state index is 0.122. The molecule has 0 unspecified atom stereocenters. The molecule has 0 saturated heterocycles. The van der Waals surface area contributed by atoms with E-state index in [1.807, 2.05) is 0 Å². The maximum Gasteiger partial charge on any atom is 0.0540 e. The first-order valence-electron chi connectivity index (χ1n) is 20.2. The SMILES string of the molecule is c1ccc(-c2ccccc2N(c2ccc3c(c2)C2(CCCC2)c2ccccc2-3)c2ccc3c(c2)C2(c4ccccc4-3)C3CC4CC(C3)CC2C4)cc1. The lowest BCUT2D eigenvalue weighted by atomic mass is 9.43. The van der Waals surface area contributed by atoms with Gasteiger partial charge in [0.25, 0.3) is 0 Å². The van der Waals surface area contributed by atoms with E-state index in [4.69, 9.17) is 0 Å². The first-order valence-corrected chi connectivity index (χ1v) is 20.2. The van der Waals surface area contributed by atoms with Crippen LogP contribution in [0.4, 0.5) is 17.1 Å². The Hall–Kier alpha value is -4.88. The molecular formula is C51H45N. The van der Waals surface area contributed by atoms with Gasteiger partial charge in [0.05, 0.1) is 5.69 Å². The van der Waals surface area contributed by atoms with Gasteiger partial charge in [-0.2, -0.15) is 0 Å². The second-order valence-electron chi connectivity index (χ2n) is 17.2. The summed E-state index contributed by atoms with van der Waals surface area (Å²) in [4.78, 5) is 2.63. The average Bonchev–Trinajstić information content (AvgIpc) is 3.87. The van der Waals surface area contributed by atoms with Crippen LogP contribution in [0.1, 0.15) is 80.0 Å². The van der Waals surface area contributed by atoms with Crippen molar-refractivity contribution in [1.29, 1.82) is 0 Å². The van der Waals surface area contributed by atoms with Gasteiger partial charge in [0.15, 0.2) is 0 Å². The van der Waals surface area contributed by atoms with E-state index in [-0.39, 0.29) is 10.8 Å². The van der Waals surface area contributed by atoms with E-state index in [1.165, 1.54) is 114 Å². The van der Waals surface area contributed by atoms with Gasteiger partial charge in [-0.15, -0.1) is 0 Å². The van der Waals surface area contributed by atoms with Crippen LogP contribution < -0.4 is 4.90 Å². The minimum Gasteiger partial charge on any atom is -0.310 e. The van der Waals surface area contributed by atoms with Crippen LogP contribution >= 0.6 is 0 Å². The Labute approximate surface area is 308 Å². The molecule has 0 aromatic heterocycles. The zero-order chi connectivity index (χ0) is 34.0. The summed E-state index contributed by atoms with van der Waals surface area (Å²) in [5.41, 5.74) is 18.8. The van der Waals surface area contributed by atoms with Gasteiger partial charge < -0.3 is 4.90 Å². The van der Waals surface area contributed by atoms with Crippen molar-refractivity contribution in [2.24, 2.45) is 23.7 Å². The van der Waals surface area contributed by atoms with Crippen molar-refractivity contribution in [3.05, 3.63) is 162 Å². The van der Waals surface area contributed by atoms with Crippen LogP contribution in [-0.2, 0) is 10.8 Å². The summed E-state index contributed by atoms with van der Waals surface area (Å²) in [6, 6.07) is 54.1. The van der Waals surface area contributed by atoms with Crippen LogP contribution in [0.3, 0.4) is 0 Å². The van der Waals surface area contributed by atoms with E-state index in [0.717, 1.165) is 23.7 Å². The lowest BCUT2D eigenvalue weighted by Gasteiger charge is -2.61. The summed E-state index contributed by atoms with van der Waals surface area (Å²) >= 11 is 0. The molecule has 2 spiro atoms. The highest BCUT2D eigenvalue weighted by Gasteiger charge is 2.61. The van der Waals surface area contributed by atoms with Gasteiger partial charge in [-0.25, -0.2) is 0 Å². The highest BCUT2D eigenvalue weighted by atomic mass is 15.1. The Morgan fingerprint density at radius 1 is 0.423 bits per heavy atom. The van der Waals surface area contributed by atoms with E-state index in [1.54, 1.807) is 16.7 Å². The maximum absolute atomic E-state index is 2.67. The predicted molar refractivity (Wildman–Crippen MR) is 215 cm³/mol. The lowest BCUT2D eigenvalue weighted by molar-refractivity contribution is -0.0399. The summed E-state index contributed by atoms with van der Waals surface area (Å²) in [5.74, 6) is 3.35. The summed E-state index contributed by atoms with van der Waals surface area (Å²) in [6.07, 6.45) is 12.2. The summed E-state index contributed by atoms with van der Waals surface area (Å²) < 4.78 is 0. The second-order valence-corrected chi connectivity index (χ2v) is 17.2. The number of hydrogen-bond acceptors (Lipinski definition) is 1. The molecule has 0 radical (unpaired) electrons. The highest BCUT2D eigenvalue weighted by molar-refractivity contribution is 5.92. The minimum absolute atomic E-state index is 0.122. The van der Waals surface area contributed by atoms with Gasteiger partial charge in [-0.3, -0.25) is 0 Å². The molecule has 6 aromatic carbocycles. The topological polar surface area (TPSA) is 3.24 Å². The molecule has 5 saturated carbocycles. The molecule has 0 N–H and O–H groups in total. The molecule has 1 nitrogen and oxygen atoms in total. The molecular weight excluding hydrogens is 627 g/mol. The molecule has 4 bridgehead atoms. The van der Waals surface area contributed by atoms with E-state index in [2.05, 4.69) is 144 Å². The molecule has 1 heteroatoms. The fourth-order valence-corrected chi connectivity index (χ4v) is 13.3. The van der Waals surface area contributed by atoms with Crippen LogP contribution in [-0.4, -0.2) is 0 Å². The molecule has 0 amide bonds. The Kier molecular flexibility index (Phi) is 6.18. The molecule has 7 aliphatic rings. The Morgan fingerprint density at radius 3 is 1.63 bits per heavy atom.